The Bertz CT molecular complexity index is 295. The molecule has 2 rings (SSSR count). The van der Waals surface area contributed by atoms with E-state index in [2.05, 4.69) is 29.5 Å². The molecule has 0 saturated heterocycles. The van der Waals surface area contributed by atoms with E-state index in [1.54, 1.807) is 17.7 Å². The predicted molar refractivity (Wildman–Crippen MR) is 49.4 cm³/mol. The van der Waals surface area contributed by atoms with Gasteiger partial charge in [0.15, 0.2) is 0 Å². The molecular formula is C8H10N2OS. The molecule has 4 heteroatoms. The first-order valence-electron chi connectivity index (χ1n) is 3.82. The Labute approximate surface area is 75.0 Å². The summed E-state index contributed by atoms with van der Waals surface area (Å²) in [5.41, 5.74) is 0. The zero-order valence-electron chi connectivity index (χ0n) is 6.78. The van der Waals surface area contributed by atoms with Crippen LogP contribution in [-0.4, -0.2) is 12.9 Å². The fraction of sp³-hybridized carbons (Fsp3) is 0.375. The van der Waals surface area contributed by atoms with Gasteiger partial charge in [0, 0.05) is 9.75 Å². The first-order chi connectivity index (χ1) is 5.86. The van der Waals surface area contributed by atoms with Crippen molar-refractivity contribution >= 4 is 17.7 Å². The van der Waals surface area contributed by atoms with E-state index in [-0.39, 0.29) is 6.04 Å². The minimum Gasteiger partial charge on any atom is -0.392 e. The quantitative estimate of drug-likeness (QED) is 0.716. The summed E-state index contributed by atoms with van der Waals surface area (Å²) in [5, 5.41) is 6.77. The lowest BCUT2D eigenvalue weighted by molar-refractivity contribution is 0.113. The smallest absolute Gasteiger partial charge is 0.142 e. The molecule has 1 atom stereocenters. The van der Waals surface area contributed by atoms with Crippen LogP contribution in [0, 0.1) is 6.92 Å². The Hall–Kier alpha value is -1.03. The maximum atomic E-state index is 4.96. The van der Waals surface area contributed by atoms with Gasteiger partial charge >= 0.3 is 0 Å². The van der Waals surface area contributed by atoms with E-state index in [1.807, 2.05) is 0 Å². The molecule has 1 aliphatic rings. The molecule has 1 aromatic rings. The number of aryl methyl sites for hydroxylation is 1. The maximum absolute atomic E-state index is 4.96. The molecule has 0 aromatic carbocycles. The molecule has 1 aromatic heterocycles. The standard InChI is InChI=1S/C8H10N2OS/c1-6-2-3-8(12-6)7-4-11-10-5-9-7/h2-3,5,7H,4H2,1H3,(H,9,10). The van der Waals surface area contributed by atoms with Gasteiger partial charge in [-0.05, 0) is 19.1 Å². The van der Waals surface area contributed by atoms with Crippen molar-refractivity contribution in [3.8, 4) is 0 Å². The van der Waals surface area contributed by atoms with Crippen LogP contribution in [0.5, 0.6) is 0 Å². The highest BCUT2D eigenvalue weighted by Crippen LogP contribution is 2.23. The van der Waals surface area contributed by atoms with Crippen molar-refractivity contribution in [1.29, 1.82) is 0 Å². The van der Waals surface area contributed by atoms with E-state index in [9.17, 15) is 0 Å². The zero-order chi connectivity index (χ0) is 8.39. The van der Waals surface area contributed by atoms with E-state index in [4.69, 9.17) is 4.84 Å². The lowest BCUT2D eigenvalue weighted by Gasteiger charge is -2.17. The van der Waals surface area contributed by atoms with Gasteiger partial charge in [0.25, 0.3) is 0 Å². The van der Waals surface area contributed by atoms with Crippen molar-refractivity contribution in [3.05, 3.63) is 21.9 Å². The lowest BCUT2D eigenvalue weighted by atomic mass is 10.2. The summed E-state index contributed by atoms with van der Waals surface area (Å²) >= 11 is 1.79. The normalized spacial score (nSPS) is 21.6. The second-order valence-electron chi connectivity index (χ2n) is 2.70. The average molecular weight is 182 g/mol. The third-order valence-corrected chi connectivity index (χ3v) is 2.86. The van der Waals surface area contributed by atoms with Gasteiger partial charge in [-0.1, -0.05) is 5.16 Å². The number of hydrogen-bond donors (Lipinski definition) is 1. The third kappa shape index (κ3) is 1.43. The van der Waals surface area contributed by atoms with Crippen molar-refractivity contribution in [2.75, 3.05) is 6.61 Å². The van der Waals surface area contributed by atoms with Crippen LogP contribution in [0.1, 0.15) is 15.8 Å². The molecule has 1 unspecified atom stereocenters. The topological polar surface area (TPSA) is 33.6 Å². The predicted octanol–water partition coefficient (Wildman–Crippen LogP) is 1.66. The van der Waals surface area contributed by atoms with Crippen LogP contribution in [0.25, 0.3) is 0 Å². The molecule has 1 N–H and O–H groups in total. The van der Waals surface area contributed by atoms with Crippen LogP contribution in [0.4, 0.5) is 0 Å². The molecule has 12 heavy (non-hydrogen) atoms. The molecule has 0 fully saturated rings. The Kier molecular flexibility index (Phi) is 1.99. The highest BCUT2D eigenvalue weighted by Gasteiger charge is 2.14. The van der Waals surface area contributed by atoms with E-state index >= 15 is 0 Å². The highest BCUT2D eigenvalue weighted by molar-refractivity contribution is 7.12. The van der Waals surface area contributed by atoms with E-state index in [0.717, 1.165) is 0 Å². The highest BCUT2D eigenvalue weighted by atomic mass is 32.1. The van der Waals surface area contributed by atoms with E-state index < -0.39 is 0 Å². The summed E-state index contributed by atoms with van der Waals surface area (Å²) in [6, 6.07) is 4.52. The summed E-state index contributed by atoms with van der Waals surface area (Å²) in [7, 11) is 0. The molecule has 0 amide bonds. The Morgan fingerprint density at radius 1 is 1.67 bits per heavy atom. The fourth-order valence-electron chi connectivity index (χ4n) is 1.13. The van der Waals surface area contributed by atoms with Crippen LogP contribution in [0.2, 0.25) is 0 Å². The SMILES string of the molecule is Cc1ccc(C2CON=CN2)s1. The number of nitrogens with zero attached hydrogens (tertiary/aromatic N) is 1. The minimum atomic E-state index is 0.279. The lowest BCUT2D eigenvalue weighted by Crippen LogP contribution is -2.26. The number of hydrogen-bond acceptors (Lipinski definition) is 4. The van der Waals surface area contributed by atoms with Crippen molar-refractivity contribution < 1.29 is 4.84 Å². The number of oxime groups is 1. The van der Waals surface area contributed by atoms with Crippen LogP contribution >= 0.6 is 11.3 Å². The van der Waals surface area contributed by atoms with Gasteiger partial charge in [0.2, 0.25) is 0 Å². The molecule has 0 spiro atoms. The monoisotopic (exact) mass is 182 g/mol. The Balaban J connectivity index is 2.14. The number of thiophene rings is 1. The van der Waals surface area contributed by atoms with Crippen LogP contribution in [0.15, 0.2) is 17.3 Å². The maximum Gasteiger partial charge on any atom is 0.142 e. The summed E-state index contributed by atoms with van der Waals surface area (Å²) in [5.74, 6) is 0. The summed E-state index contributed by atoms with van der Waals surface area (Å²) < 4.78 is 0. The minimum absolute atomic E-state index is 0.279. The van der Waals surface area contributed by atoms with Crippen molar-refractivity contribution in [3.63, 3.8) is 0 Å². The molecule has 0 aliphatic carbocycles. The zero-order valence-corrected chi connectivity index (χ0v) is 7.60. The van der Waals surface area contributed by atoms with Gasteiger partial charge in [-0.3, -0.25) is 0 Å². The van der Waals surface area contributed by atoms with E-state index in [0.29, 0.717) is 6.61 Å². The largest absolute Gasteiger partial charge is 0.392 e. The Morgan fingerprint density at radius 3 is 3.17 bits per heavy atom. The van der Waals surface area contributed by atoms with Gasteiger partial charge in [-0.25, -0.2) is 0 Å². The average Bonchev–Trinajstić information content (AvgIpc) is 2.54. The molecule has 0 bridgehead atoms. The third-order valence-electron chi connectivity index (χ3n) is 1.75. The molecule has 2 heterocycles. The van der Waals surface area contributed by atoms with Gasteiger partial charge in [0.05, 0.1) is 6.04 Å². The number of nitrogens with one attached hydrogen (secondary N) is 1. The molecule has 1 aliphatic heterocycles. The molecular weight excluding hydrogens is 172 g/mol. The van der Waals surface area contributed by atoms with Gasteiger partial charge in [-0.15, -0.1) is 11.3 Å². The fourth-order valence-corrected chi connectivity index (χ4v) is 2.05. The molecule has 64 valence electrons. The van der Waals surface area contributed by atoms with Gasteiger partial charge < -0.3 is 10.2 Å². The molecule has 3 nitrogen and oxygen atoms in total. The van der Waals surface area contributed by atoms with Gasteiger partial charge in [0.1, 0.15) is 12.9 Å². The van der Waals surface area contributed by atoms with Crippen LogP contribution in [0.3, 0.4) is 0 Å². The van der Waals surface area contributed by atoms with Crippen molar-refractivity contribution in [2.45, 2.75) is 13.0 Å². The second kappa shape index (κ2) is 3.15. The van der Waals surface area contributed by atoms with Crippen LogP contribution < -0.4 is 5.32 Å². The van der Waals surface area contributed by atoms with Crippen molar-refractivity contribution in [1.82, 2.24) is 5.32 Å². The summed E-state index contributed by atoms with van der Waals surface area (Å²) in [4.78, 5) is 7.59. The van der Waals surface area contributed by atoms with Crippen molar-refractivity contribution in [2.24, 2.45) is 5.16 Å². The first-order valence-corrected chi connectivity index (χ1v) is 4.64. The summed E-state index contributed by atoms with van der Waals surface area (Å²) in [6.45, 7) is 2.72. The first kappa shape index (κ1) is 7.61. The molecule has 0 saturated carbocycles. The Morgan fingerprint density at radius 2 is 2.58 bits per heavy atom. The second-order valence-corrected chi connectivity index (χ2v) is 4.02. The van der Waals surface area contributed by atoms with Gasteiger partial charge in [-0.2, -0.15) is 0 Å². The van der Waals surface area contributed by atoms with E-state index in [1.165, 1.54) is 9.75 Å². The summed E-state index contributed by atoms with van der Waals surface area (Å²) in [6.07, 6.45) is 1.60. The molecule has 0 radical (unpaired) electrons. The van der Waals surface area contributed by atoms with Crippen LogP contribution in [-0.2, 0) is 4.84 Å². The number of rotatable bonds is 1.